The second kappa shape index (κ2) is 7.78. The first-order chi connectivity index (χ1) is 7.04. The third-order valence-electron chi connectivity index (χ3n) is 3.21. The molecular weight excluding hydrogens is 184 g/mol. The smallest absolute Gasteiger partial charge is 0.101 e. The summed E-state index contributed by atoms with van der Waals surface area (Å²) in [5, 5.41) is 0. The lowest BCUT2D eigenvalue weighted by molar-refractivity contribution is 0.0500. The van der Waals surface area contributed by atoms with Gasteiger partial charge in [-0.1, -0.05) is 40.7 Å². The molecule has 0 aromatic carbocycles. The molecule has 0 aliphatic rings. The summed E-state index contributed by atoms with van der Waals surface area (Å²) >= 11 is 0. The van der Waals surface area contributed by atoms with Gasteiger partial charge in [-0.05, 0) is 38.0 Å². The van der Waals surface area contributed by atoms with Gasteiger partial charge in [-0.25, -0.2) is 0 Å². The Balaban J connectivity index is 4.26. The molecule has 0 spiro atoms. The van der Waals surface area contributed by atoms with E-state index >= 15 is 0 Å². The molecule has 0 aromatic heterocycles. The van der Waals surface area contributed by atoms with Gasteiger partial charge in [-0.3, -0.25) is 0 Å². The van der Waals surface area contributed by atoms with E-state index in [-0.39, 0.29) is 0 Å². The molecule has 3 unspecified atom stereocenters. The first kappa shape index (κ1) is 14.5. The lowest BCUT2D eigenvalue weighted by atomic mass is 9.87. The van der Waals surface area contributed by atoms with Crippen molar-refractivity contribution >= 4 is 0 Å². The molecule has 0 bridgehead atoms. The molecule has 0 radical (unpaired) electrons. The van der Waals surface area contributed by atoms with Crippen LogP contribution in [0, 0.1) is 11.8 Å². The molecule has 0 saturated heterocycles. The van der Waals surface area contributed by atoms with Gasteiger partial charge in [0.2, 0.25) is 0 Å². The maximum absolute atomic E-state index is 5.80. The second-order valence-electron chi connectivity index (χ2n) is 4.68. The average molecular weight is 212 g/mol. The molecule has 3 atom stereocenters. The van der Waals surface area contributed by atoms with Crippen LogP contribution in [0.4, 0.5) is 0 Å². The molecule has 1 heteroatoms. The number of hydrogen-bond acceptors (Lipinski definition) is 1. The standard InChI is InChI=1S/C14H28O/c1-7-12(6)10-13(8-2)14(9-3)15-11(4)5/h12-14H,4,7-10H2,1-3,5-6H3. The Morgan fingerprint density at radius 3 is 2.07 bits per heavy atom. The Morgan fingerprint density at radius 2 is 1.73 bits per heavy atom. The molecule has 0 aliphatic heterocycles. The summed E-state index contributed by atoms with van der Waals surface area (Å²) < 4.78 is 5.80. The van der Waals surface area contributed by atoms with Crippen LogP contribution < -0.4 is 0 Å². The van der Waals surface area contributed by atoms with E-state index in [1.807, 2.05) is 6.92 Å². The van der Waals surface area contributed by atoms with Crippen LogP contribution >= 0.6 is 0 Å². The molecule has 1 nitrogen and oxygen atoms in total. The largest absolute Gasteiger partial charge is 0.495 e. The third kappa shape index (κ3) is 5.86. The molecule has 0 fully saturated rings. The zero-order valence-corrected chi connectivity index (χ0v) is 11.2. The maximum atomic E-state index is 5.80. The van der Waals surface area contributed by atoms with Crippen LogP contribution in [0.5, 0.6) is 0 Å². The van der Waals surface area contributed by atoms with Gasteiger partial charge in [-0.2, -0.15) is 0 Å². The van der Waals surface area contributed by atoms with Crippen molar-refractivity contribution in [1.82, 2.24) is 0 Å². The number of ether oxygens (including phenoxy) is 1. The van der Waals surface area contributed by atoms with Gasteiger partial charge in [0.15, 0.2) is 0 Å². The van der Waals surface area contributed by atoms with Crippen LogP contribution in [0.25, 0.3) is 0 Å². The third-order valence-corrected chi connectivity index (χ3v) is 3.21. The van der Waals surface area contributed by atoms with E-state index < -0.39 is 0 Å². The highest BCUT2D eigenvalue weighted by Crippen LogP contribution is 2.26. The summed E-state index contributed by atoms with van der Waals surface area (Å²) in [5.74, 6) is 2.34. The van der Waals surface area contributed by atoms with E-state index in [0.717, 1.165) is 18.1 Å². The minimum absolute atomic E-state index is 0.362. The molecular formula is C14H28O. The van der Waals surface area contributed by atoms with Crippen LogP contribution in [0.3, 0.4) is 0 Å². The lowest BCUT2D eigenvalue weighted by Crippen LogP contribution is -2.24. The number of allylic oxidation sites excluding steroid dienone is 1. The Bertz CT molecular complexity index is 174. The fraction of sp³-hybridized carbons (Fsp3) is 0.857. The highest BCUT2D eigenvalue weighted by atomic mass is 16.5. The molecule has 90 valence electrons. The van der Waals surface area contributed by atoms with Crippen LogP contribution in [-0.4, -0.2) is 6.10 Å². The molecule has 0 aromatic rings. The van der Waals surface area contributed by atoms with Crippen molar-refractivity contribution in [2.75, 3.05) is 0 Å². The molecule has 0 N–H and O–H groups in total. The molecule has 0 saturated carbocycles. The summed E-state index contributed by atoms with van der Waals surface area (Å²) in [6, 6.07) is 0. The fourth-order valence-electron chi connectivity index (χ4n) is 2.04. The van der Waals surface area contributed by atoms with E-state index in [9.17, 15) is 0 Å². The van der Waals surface area contributed by atoms with Gasteiger partial charge in [-0.15, -0.1) is 0 Å². The molecule has 15 heavy (non-hydrogen) atoms. The second-order valence-corrected chi connectivity index (χ2v) is 4.68. The number of hydrogen-bond donors (Lipinski definition) is 0. The van der Waals surface area contributed by atoms with Crippen molar-refractivity contribution in [2.24, 2.45) is 11.8 Å². The van der Waals surface area contributed by atoms with Crippen molar-refractivity contribution in [3.63, 3.8) is 0 Å². The van der Waals surface area contributed by atoms with Gasteiger partial charge in [0.25, 0.3) is 0 Å². The molecule has 0 amide bonds. The molecule has 0 aliphatic carbocycles. The minimum atomic E-state index is 0.362. The van der Waals surface area contributed by atoms with E-state index in [1.54, 1.807) is 0 Å². The summed E-state index contributed by atoms with van der Waals surface area (Å²) in [7, 11) is 0. The topological polar surface area (TPSA) is 9.23 Å². The lowest BCUT2D eigenvalue weighted by Gasteiger charge is -2.28. The number of rotatable bonds is 8. The van der Waals surface area contributed by atoms with Gasteiger partial charge in [0.1, 0.15) is 6.10 Å². The van der Waals surface area contributed by atoms with E-state index in [4.69, 9.17) is 4.74 Å². The SMILES string of the molecule is C=C(C)OC(CC)C(CC)CC(C)CC. The van der Waals surface area contributed by atoms with Crippen LogP contribution in [0.2, 0.25) is 0 Å². The predicted octanol–water partition coefficient (Wildman–Crippen LogP) is 4.78. The molecule has 0 heterocycles. The highest BCUT2D eigenvalue weighted by Gasteiger charge is 2.21. The maximum Gasteiger partial charge on any atom is 0.101 e. The van der Waals surface area contributed by atoms with Gasteiger partial charge in [0, 0.05) is 0 Å². The van der Waals surface area contributed by atoms with E-state index in [1.165, 1.54) is 19.3 Å². The Kier molecular flexibility index (Phi) is 7.54. The quantitative estimate of drug-likeness (QED) is 0.526. The Labute approximate surface area is 95.9 Å². The Hall–Kier alpha value is -0.460. The fourth-order valence-corrected chi connectivity index (χ4v) is 2.04. The van der Waals surface area contributed by atoms with E-state index in [2.05, 4.69) is 34.3 Å². The minimum Gasteiger partial charge on any atom is -0.495 e. The van der Waals surface area contributed by atoms with Crippen molar-refractivity contribution in [2.45, 2.75) is 66.4 Å². The normalized spacial score (nSPS) is 16.9. The van der Waals surface area contributed by atoms with Crippen LogP contribution in [-0.2, 0) is 4.74 Å². The first-order valence-electron chi connectivity index (χ1n) is 6.37. The van der Waals surface area contributed by atoms with Gasteiger partial charge in [0.05, 0.1) is 5.76 Å². The average Bonchev–Trinajstić information content (AvgIpc) is 2.22. The first-order valence-corrected chi connectivity index (χ1v) is 6.37. The summed E-state index contributed by atoms with van der Waals surface area (Å²) in [6.07, 6.45) is 5.19. The van der Waals surface area contributed by atoms with Gasteiger partial charge >= 0.3 is 0 Å². The Morgan fingerprint density at radius 1 is 1.13 bits per heavy atom. The van der Waals surface area contributed by atoms with Gasteiger partial charge < -0.3 is 4.74 Å². The van der Waals surface area contributed by atoms with Crippen molar-refractivity contribution in [3.8, 4) is 0 Å². The van der Waals surface area contributed by atoms with E-state index in [0.29, 0.717) is 12.0 Å². The summed E-state index contributed by atoms with van der Waals surface area (Å²) in [4.78, 5) is 0. The van der Waals surface area contributed by atoms with Crippen LogP contribution in [0.1, 0.15) is 60.3 Å². The summed E-state index contributed by atoms with van der Waals surface area (Å²) in [5.41, 5.74) is 0. The summed E-state index contributed by atoms with van der Waals surface area (Å²) in [6.45, 7) is 14.8. The van der Waals surface area contributed by atoms with Crippen molar-refractivity contribution in [1.29, 1.82) is 0 Å². The monoisotopic (exact) mass is 212 g/mol. The van der Waals surface area contributed by atoms with Crippen molar-refractivity contribution < 1.29 is 4.74 Å². The highest BCUT2D eigenvalue weighted by molar-refractivity contribution is 4.80. The predicted molar refractivity (Wildman–Crippen MR) is 67.8 cm³/mol. The zero-order chi connectivity index (χ0) is 11.8. The van der Waals surface area contributed by atoms with Crippen LogP contribution in [0.15, 0.2) is 12.3 Å². The zero-order valence-electron chi connectivity index (χ0n) is 11.2. The molecule has 0 rings (SSSR count). The van der Waals surface area contributed by atoms with Crippen molar-refractivity contribution in [3.05, 3.63) is 12.3 Å².